The summed E-state index contributed by atoms with van der Waals surface area (Å²) >= 11 is 0. The van der Waals surface area contributed by atoms with Crippen molar-refractivity contribution in [1.29, 1.82) is 0 Å². The van der Waals surface area contributed by atoms with Crippen molar-refractivity contribution in [1.82, 2.24) is 5.32 Å². The number of hydrogen-bond donors (Lipinski definition) is 3. The molecule has 0 saturated heterocycles. The summed E-state index contributed by atoms with van der Waals surface area (Å²) in [6.07, 6.45) is 54.7. The van der Waals surface area contributed by atoms with E-state index in [-0.39, 0.29) is 19.1 Å². The van der Waals surface area contributed by atoms with E-state index in [1.807, 2.05) is 21.1 Å². The van der Waals surface area contributed by atoms with E-state index in [0.717, 1.165) is 38.5 Å². The second kappa shape index (κ2) is 46.6. The van der Waals surface area contributed by atoms with Crippen LogP contribution in [0.5, 0.6) is 0 Å². The van der Waals surface area contributed by atoms with E-state index in [0.29, 0.717) is 23.9 Å². The number of carbonyl (C=O) groups is 1. The predicted molar refractivity (Wildman–Crippen MR) is 272 cm³/mol. The number of amides is 1. The van der Waals surface area contributed by atoms with Crippen molar-refractivity contribution in [2.75, 3.05) is 40.9 Å². The molecular weight excluding hydrogens is 804 g/mol. The minimum absolute atomic E-state index is 0.0785. The topological polar surface area (TPSA) is 105 Å². The number of rotatable bonds is 52. The molecule has 8 nitrogen and oxygen atoms in total. The van der Waals surface area contributed by atoms with Gasteiger partial charge in [0.2, 0.25) is 5.91 Å². The number of aliphatic hydroxyl groups excluding tert-OH is 1. The lowest BCUT2D eigenvalue weighted by atomic mass is 10.0. The number of phosphoric acid groups is 1. The Morgan fingerprint density at radius 2 is 0.762 bits per heavy atom. The number of unbranched alkanes of at least 4 members (excludes halogenated alkanes) is 39. The highest BCUT2D eigenvalue weighted by Crippen LogP contribution is 2.43. The molecule has 1 amide bonds. The second-order valence-electron chi connectivity index (χ2n) is 20.7. The van der Waals surface area contributed by atoms with Crippen LogP contribution in [0.3, 0.4) is 0 Å². The molecule has 0 aliphatic heterocycles. The molecule has 9 heteroatoms. The molecule has 63 heavy (non-hydrogen) atoms. The van der Waals surface area contributed by atoms with Crippen molar-refractivity contribution in [3.63, 3.8) is 0 Å². The van der Waals surface area contributed by atoms with E-state index in [4.69, 9.17) is 9.05 Å². The van der Waals surface area contributed by atoms with E-state index in [1.54, 1.807) is 0 Å². The van der Waals surface area contributed by atoms with Crippen LogP contribution in [0.1, 0.15) is 290 Å². The highest BCUT2D eigenvalue weighted by Gasteiger charge is 2.28. The Kier molecular flexibility index (Phi) is 46.2. The van der Waals surface area contributed by atoms with Crippen molar-refractivity contribution in [2.24, 2.45) is 0 Å². The number of carbonyl (C=O) groups excluding carboxylic acids is 1. The van der Waals surface area contributed by atoms with E-state index >= 15 is 0 Å². The lowest BCUT2D eigenvalue weighted by molar-refractivity contribution is -0.870. The van der Waals surface area contributed by atoms with Crippen molar-refractivity contribution < 1.29 is 32.9 Å². The average Bonchev–Trinajstić information content (AvgIpc) is 3.24. The SMILES string of the molecule is CCCCCCCCCCCCCCCCCCCCCCCCCCCCCCCCCC(=O)NC(COP(=O)(O)OCC[N+](C)(C)C)C(O)CCCCCCCCCCCC. The van der Waals surface area contributed by atoms with E-state index in [2.05, 4.69) is 19.2 Å². The van der Waals surface area contributed by atoms with Gasteiger partial charge >= 0.3 is 7.82 Å². The lowest BCUT2D eigenvalue weighted by Crippen LogP contribution is -2.46. The van der Waals surface area contributed by atoms with Gasteiger partial charge in [0.1, 0.15) is 13.2 Å². The summed E-state index contributed by atoms with van der Waals surface area (Å²) in [6, 6.07) is -0.753. The molecule has 0 aromatic carbocycles. The molecule has 0 aliphatic rings. The maximum Gasteiger partial charge on any atom is 0.472 e. The number of quaternary nitrogens is 1. The molecule has 0 spiro atoms. The van der Waals surface area contributed by atoms with E-state index < -0.39 is 20.0 Å². The van der Waals surface area contributed by atoms with Crippen LogP contribution in [0.15, 0.2) is 0 Å². The Bertz CT molecular complexity index is 994. The van der Waals surface area contributed by atoms with Gasteiger partial charge < -0.3 is 19.8 Å². The molecule has 0 saturated carbocycles. The highest BCUT2D eigenvalue weighted by atomic mass is 31.2. The molecule has 0 aliphatic carbocycles. The Morgan fingerprint density at radius 3 is 1.06 bits per heavy atom. The summed E-state index contributed by atoms with van der Waals surface area (Å²) in [6.45, 7) is 4.91. The molecular formula is C54H112N2O6P+. The highest BCUT2D eigenvalue weighted by molar-refractivity contribution is 7.47. The zero-order chi connectivity index (χ0) is 46.4. The fourth-order valence-electron chi connectivity index (χ4n) is 8.70. The standard InChI is InChI=1S/C54H111N2O6P/c1-6-8-10-12-14-16-18-19-20-21-22-23-24-25-26-27-28-29-30-31-32-33-34-35-36-37-38-40-42-44-46-48-54(58)55-52(51-62-63(59,60)61-50-49-56(3,4)5)53(57)47-45-43-41-39-17-15-13-11-9-7-2/h52-53,57H,6-51H2,1-5H3,(H-,55,58,59,60)/p+1. The molecule has 0 radical (unpaired) electrons. The molecule has 3 N–H and O–H groups in total. The molecule has 3 unspecified atom stereocenters. The number of hydrogen-bond acceptors (Lipinski definition) is 5. The van der Waals surface area contributed by atoms with Crippen LogP contribution in [-0.2, 0) is 18.4 Å². The summed E-state index contributed by atoms with van der Waals surface area (Å²) in [4.78, 5) is 23.2. The van der Waals surface area contributed by atoms with Crippen LogP contribution in [0, 0.1) is 0 Å². The van der Waals surface area contributed by atoms with Gasteiger partial charge in [0.15, 0.2) is 0 Å². The van der Waals surface area contributed by atoms with Crippen LogP contribution in [-0.4, -0.2) is 73.4 Å². The normalized spacial score (nSPS) is 14.0. The van der Waals surface area contributed by atoms with E-state index in [1.165, 1.54) is 225 Å². The summed E-state index contributed by atoms with van der Waals surface area (Å²) < 4.78 is 23.7. The van der Waals surface area contributed by atoms with Gasteiger partial charge in [0, 0.05) is 6.42 Å². The predicted octanol–water partition coefficient (Wildman–Crippen LogP) is 16.5. The van der Waals surface area contributed by atoms with Crippen molar-refractivity contribution in [3.05, 3.63) is 0 Å². The lowest BCUT2D eigenvalue weighted by Gasteiger charge is -2.26. The van der Waals surface area contributed by atoms with Crippen LogP contribution in [0.2, 0.25) is 0 Å². The third kappa shape index (κ3) is 49.2. The molecule has 0 aromatic heterocycles. The first kappa shape index (κ1) is 62.5. The molecule has 0 fully saturated rings. The van der Waals surface area contributed by atoms with Gasteiger partial charge in [-0.3, -0.25) is 13.8 Å². The first-order chi connectivity index (χ1) is 30.5. The molecule has 0 bridgehead atoms. The number of likely N-dealkylation sites (N-methyl/N-ethyl adjacent to an activating group) is 1. The maximum absolute atomic E-state index is 12.9. The number of nitrogens with zero attached hydrogens (tertiary/aromatic N) is 1. The summed E-state index contributed by atoms with van der Waals surface area (Å²) in [5.41, 5.74) is 0. The van der Waals surface area contributed by atoms with Crippen LogP contribution in [0.4, 0.5) is 0 Å². The fourth-order valence-corrected chi connectivity index (χ4v) is 9.43. The second-order valence-corrected chi connectivity index (χ2v) is 22.1. The Labute approximate surface area is 393 Å². The molecule has 3 atom stereocenters. The first-order valence-electron chi connectivity index (χ1n) is 27.9. The maximum atomic E-state index is 12.9. The summed E-state index contributed by atoms with van der Waals surface area (Å²) in [7, 11) is 1.63. The van der Waals surface area contributed by atoms with Crippen LogP contribution in [0.25, 0.3) is 0 Å². The average molecular weight is 916 g/mol. The van der Waals surface area contributed by atoms with Crippen LogP contribution >= 0.6 is 7.82 Å². The molecule has 378 valence electrons. The van der Waals surface area contributed by atoms with Gasteiger partial charge in [-0.25, -0.2) is 4.57 Å². The summed E-state index contributed by atoms with van der Waals surface area (Å²) in [5.74, 6) is -0.139. The summed E-state index contributed by atoms with van der Waals surface area (Å²) in [5, 5.41) is 14.0. The van der Waals surface area contributed by atoms with Gasteiger partial charge in [-0.1, -0.05) is 271 Å². The quantitative estimate of drug-likeness (QED) is 0.0319. The van der Waals surface area contributed by atoms with Crippen molar-refractivity contribution in [2.45, 2.75) is 302 Å². The minimum Gasteiger partial charge on any atom is -0.391 e. The number of nitrogens with one attached hydrogen (secondary N) is 1. The zero-order valence-corrected chi connectivity index (χ0v) is 44.0. The van der Waals surface area contributed by atoms with E-state index in [9.17, 15) is 19.4 Å². The fraction of sp³-hybridized carbons (Fsp3) is 0.981. The molecule has 0 rings (SSSR count). The van der Waals surface area contributed by atoms with Crippen molar-refractivity contribution in [3.8, 4) is 0 Å². The first-order valence-corrected chi connectivity index (χ1v) is 29.4. The third-order valence-electron chi connectivity index (χ3n) is 13.1. The molecule has 0 aromatic rings. The van der Waals surface area contributed by atoms with Crippen LogP contribution < -0.4 is 5.32 Å². The Balaban J connectivity index is 3.90. The number of phosphoric ester groups is 1. The van der Waals surface area contributed by atoms with Gasteiger partial charge in [-0.2, -0.15) is 0 Å². The van der Waals surface area contributed by atoms with Crippen molar-refractivity contribution >= 4 is 13.7 Å². The Morgan fingerprint density at radius 1 is 0.476 bits per heavy atom. The van der Waals surface area contributed by atoms with Gasteiger partial charge in [-0.15, -0.1) is 0 Å². The monoisotopic (exact) mass is 916 g/mol. The largest absolute Gasteiger partial charge is 0.472 e. The van der Waals surface area contributed by atoms with Gasteiger partial charge in [0.05, 0.1) is 39.9 Å². The zero-order valence-electron chi connectivity index (χ0n) is 43.1. The van der Waals surface area contributed by atoms with Gasteiger partial charge in [-0.05, 0) is 12.8 Å². The number of aliphatic hydroxyl groups is 1. The smallest absolute Gasteiger partial charge is 0.391 e. The van der Waals surface area contributed by atoms with Gasteiger partial charge in [0.25, 0.3) is 0 Å². The molecule has 0 heterocycles. The third-order valence-corrected chi connectivity index (χ3v) is 14.1. The Hall–Kier alpha value is -0.500. The minimum atomic E-state index is -4.31.